The van der Waals surface area contributed by atoms with E-state index in [1.807, 2.05) is 55.5 Å². The van der Waals surface area contributed by atoms with Crippen molar-refractivity contribution in [3.05, 3.63) is 76.5 Å². The minimum atomic E-state index is -0.327. The zero-order valence-electron chi connectivity index (χ0n) is 18.4. The molecule has 0 amide bonds. The highest BCUT2D eigenvalue weighted by molar-refractivity contribution is 5.80. The molecule has 0 aliphatic heterocycles. The molecule has 0 spiro atoms. The van der Waals surface area contributed by atoms with Gasteiger partial charge in [0.15, 0.2) is 0 Å². The van der Waals surface area contributed by atoms with Crippen LogP contribution in [0.1, 0.15) is 42.2 Å². The van der Waals surface area contributed by atoms with Crippen LogP contribution in [0.25, 0.3) is 22.5 Å². The van der Waals surface area contributed by atoms with E-state index in [9.17, 15) is 9.59 Å². The van der Waals surface area contributed by atoms with Gasteiger partial charge < -0.3 is 0 Å². The van der Waals surface area contributed by atoms with E-state index in [0.29, 0.717) is 38.1 Å². The monoisotopic (exact) mass is 440 g/mol. The summed E-state index contributed by atoms with van der Waals surface area (Å²) in [7, 11) is 0. The number of carbonyl (C=O) groups is 1. The first-order valence-electron chi connectivity index (χ1n) is 10.8. The number of hydrogen-bond donors (Lipinski definition) is 1. The third-order valence-corrected chi connectivity index (χ3v) is 5.44. The maximum absolute atomic E-state index is 13.0. The Balaban J connectivity index is 1.64. The maximum Gasteiger partial charge on any atom is 0.335 e. The summed E-state index contributed by atoms with van der Waals surface area (Å²) < 4.78 is 2.85. The molecule has 8 nitrogen and oxygen atoms in total. The SMILES string of the molecule is C#CCCc1cn(C(=O)CCC)c(=O)n1Cc1ccc(-c2ccccc2-c2nn[nH]n2)cc1. The van der Waals surface area contributed by atoms with E-state index >= 15 is 0 Å². The van der Waals surface area contributed by atoms with Crippen molar-refractivity contribution in [2.75, 3.05) is 0 Å². The number of benzene rings is 2. The van der Waals surface area contributed by atoms with Gasteiger partial charge >= 0.3 is 5.69 Å². The number of carbonyl (C=O) groups excluding carboxylic acids is 1. The topological polar surface area (TPSA) is 98.5 Å². The molecule has 2 heterocycles. The van der Waals surface area contributed by atoms with Gasteiger partial charge in [-0.15, -0.1) is 22.5 Å². The first kappa shape index (κ1) is 22.0. The van der Waals surface area contributed by atoms with Crippen LogP contribution < -0.4 is 5.69 Å². The molecule has 2 aromatic heterocycles. The molecule has 4 aromatic rings. The molecule has 0 saturated heterocycles. The van der Waals surface area contributed by atoms with Gasteiger partial charge in [0, 0.05) is 36.7 Å². The van der Waals surface area contributed by atoms with Crippen LogP contribution in [-0.4, -0.2) is 35.7 Å². The molecule has 0 unspecified atom stereocenters. The number of aromatic amines is 1. The lowest BCUT2D eigenvalue weighted by Crippen LogP contribution is -2.29. The van der Waals surface area contributed by atoms with Gasteiger partial charge in [-0.3, -0.25) is 9.36 Å². The molecule has 0 aliphatic rings. The number of H-pyrrole nitrogens is 1. The summed E-state index contributed by atoms with van der Waals surface area (Å²) >= 11 is 0. The second-order valence-electron chi connectivity index (χ2n) is 7.68. The van der Waals surface area contributed by atoms with E-state index < -0.39 is 0 Å². The normalized spacial score (nSPS) is 10.8. The lowest BCUT2D eigenvalue weighted by atomic mass is 9.98. The van der Waals surface area contributed by atoms with E-state index in [1.54, 1.807) is 10.8 Å². The number of nitrogens with zero attached hydrogens (tertiary/aromatic N) is 5. The van der Waals surface area contributed by atoms with Gasteiger partial charge in [-0.1, -0.05) is 55.5 Å². The van der Waals surface area contributed by atoms with Gasteiger partial charge in [-0.05, 0) is 28.3 Å². The van der Waals surface area contributed by atoms with Crippen molar-refractivity contribution in [2.45, 2.75) is 39.2 Å². The highest BCUT2D eigenvalue weighted by Crippen LogP contribution is 2.29. The number of nitrogens with one attached hydrogen (secondary N) is 1. The highest BCUT2D eigenvalue weighted by Gasteiger charge is 2.16. The van der Waals surface area contributed by atoms with Crippen molar-refractivity contribution in [2.24, 2.45) is 0 Å². The fraction of sp³-hybridized carbons (Fsp3) is 0.240. The van der Waals surface area contributed by atoms with Gasteiger partial charge in [0.1, 0.15) is 0 Å². The van der Waals surface area contributed by atoms with Crippen LogP contribution in [0.4, 0.5) is 0 Å². The van der Waals surface area contributed by atoms with Gasteiger partial charge in [0.25, 0.3) is 0 Å². The number of aromatic nitrogens is 6. The smallest absolute Gasteiger partial charge is 0.292 e. The first-order chi connectivity index (χ1) is 16.1. The maximum atomic E-state index is 13.0. The molecule has 0 fully saturated rings. The summed E-state index contributed by atoms with van der Waals surface area (Å²) in [5, 5.41) is 14.3. The summed E-state index contributed by atoms with van der Waals surface area (Å²) in [6, 6.07) is 15.8. The number of aryl methyl sites for hydroxylation is 1. The molecule has 166 valence electrons. The van der Waals surface area contributed by atoms with Crippen LogP contribution in [-0.2, 0) is 13.0 Å². The van der Waals surface area contributed by atoms with Crippen molar-refractivity contribution < 1.29 is 4.79 Å². The van der Waals surface area contributed by atoms with E-state index in [2.05, 4.69) is 26.5 Å². The van der Waals surface area contributed by atoms with Crippen molar-refractivity contribution in [3.63, 3.8) is 0 Å². The van der Waals surface area contributed by atoms with Crippen LogP contribution in [0.2, 0.25) is 0 Å². The minimum absolute atomic E-state index is 0.198. The quantitative estimate of drug-likeness (QED) is 0.423. The summed E-state index contributed by atoms with van der Waals surface area (Å²) in [6.45, 7) is 2.27. The molecule has 1 N–H and O–H groups in total. The zero-order valence-corrected chi connectivity index (χ0v) is 18.4. The number of hydrogen-bond acceptors (Lipinski definition) is 5. The lowest BCUT2D eigenvalue weighted by Gasteiger charge is -2.10. The molecule has 0 aliphatic carbocycles. The summed E-state index contributed by atoms with van der Waals surface area (Å²) in [5.74, 6) is 2.93. The molecular formula is C25H24N6O2. The number of rotatable bonds is 8. The molecule has 2 aromatic carbocycles. The van der Waals surface area contributed by atoms with Crippen LogP contribution in [0, 0.1) is 12.3 Å². The van der Waals surface area contributed by atoms with Crippen LogP contribution in [0.5, 0.6) is 0 Å². The highest BCUT2D eigenvalue weighted by atomic mass is 16.2. The zero-order chi connectivity index (χ0) is 23.2. The molecule has 8 heteroatoms. The summed E-state index contributed by atoms with van der Waals surface area (Å²) in [6.07, 6.45) is 9.10. The molecule has 0 atom stereocenters. The van der Waals surface area contributed by atoms with E-state index in [4.69, 9.17) is 6.42 Å². The number of terminal acetylenes is 1. The Bertz CT molecular complexity index is 1340. The van der Waals surface area contributed by atoms with Gasteiger partial charge in [-0.25, -0.2) is 9.36 Å². The molecular weight excluding hydrogens is 416 g/mol. The lowest BCUT2D eigenvalue weighted by molar-refractivity contribution is 0.0897. The van der Waals surface area contributed by atoms with E-state index in [-0.39, 0.29) is 11.6 Å². The largest absolute Gasteiger partial charge is 0.335 e. The Labute approximate surface area is 191 Å². The second-order valence-corrected chi connectivity index (χ2v) is 7.68. The second kappa shape index (κ2) is 9.92. The fourth-order valence-electron chi connectivity index (χ4n) is 3.79. The molecule has 0 bridgehead atoms. The fourth-order valence-corrected chi connectivity index (χ4v) is 3.79. The van der Waals surface area contributed by atoms with Crippen molar-refractivity contribution in [1.29, 1.82) is 0 Å². The average Bonchev–Trinajstić information content (AvgIpc) is 3.48. The Hall–Kier alpha value is -4.25. The molecule has 4 rings (SSSR count). The third-order valence-electron chi connectivity index (χ3n) is 5.44. The van der Waals surface area contributed by atoms with Crippen molar-refractivity contribution >= 4 is 5.91 Å². The number of tetrazole rings is 1. The average molecular weight is 441 g/mol. The predicted octanol–water partition coefficient (Wildman–Crippen LogP) is 3.55. The van der Waals surface area contributed by atoms with E-state index in [0.717, 1.165) is 27.9 Å². The van der Waals surface area contributed by atoms with Crippen LogP contribution >= 0.6 is 0 Å². The van der Waals surface area contributed by atoms with Crippen LogP contribution in [0.15, 0.2) is 59.5 Å². The van der Waals surface area contributed by atoms with Gasteiger partial charge in [0.05, 0.1) is 6.54 Å². The number of imidazole rings is 1. The Kier molecular flexibility index (Phi) is 6.60. The molecule has 0 saturated carbocycles. The Morgan fingerprint density at radius 3 is 2.55 bits per heavy atom. The minimum Gasteiger partial charge on any atom is -0.292 e. The first-order valence-corrected chi connectivity index (χ1v) is 10.8. The van der Waals surface area contributed by atoms with E-state index in [1.165, 1.54) is 4.57 Å². The standard InChI is InChI=1S/C25H24N6O2/c1-3-5-9-20-17-31(23(32)8-4-2)25(33)30(20)16-18-12-14-19(15-13-18)21-10-6-7-11-22(21)24-26-28-29-27-24/h1,6-7,10-15,17H,4-5,8-9,16H2,2H3,(H,26,27,28,29). The Morgan fingerprint density at radius 1 is 1.12 bits per heavy atom. The van der Waals surface area contributed by atoms with Crippen molar-refractivity contribution in [3.8, 4) is 34.9 Å². The molecule has 0 radical (unpaired) electrons. The van der Waals surface area contributed by atoms with Gasteiger partial charge in [-0.2, -0.15) is 5.21 Å². The molecule has 33 heavy (non-hydrogen) atoms. The van der Waals surface area contributed by atoms with Crippen LogP contribution in [0.3, 0.4) is 0 Å². The Morgan fingerprint density at radius 2 is 1.88 bits per heavy atom. The van der Waals surface area contributed by atoms with Gasteiger partial charge in [0.2, 0.25) is 11.7 Å². The third kappa shape index (κ3) is 4.67. The van der Waals surface area contributed by atoms with Crippen molar-refractivity contribution in [1.82, 2.24) is 29.8 Å². The summed E-state index contributed by atoms with van der Waals surface area (Å²) in [4.78, 5) is 25.3. The predicted molar refractivity (Wildman–Crippen MR) is 126 cm³/mol. The summed E-state index contributed by atoms with van der Waals surface area (Å²) in [5.41, 5.74) is 4.23.